The Kier molecular flexibility index (Phi) is 3.10. The van der Waals surface area contributed by atoms with Gasteiger partial charge in [-0.05, 0) is 19.8 Å². The van der Waals surface area contributed by atoms with E-state index in [-0.39, 0.29) is 0 Å². The average molecular weight is 247 g/mol. The zero-order valence-electron chi connectivity index (χ0n) is 10.5. The first-order valence-electron chi connectivity index (χ1n) is 6.33. The van der Waals surface area contributed by atoms with Crippen molar-refractivity contribution in [1.82, 2.24) is 25.0 Å². The molecule has 0 bridgehead atoms. The smallest absolute Gasteiger partial charge is 0.227 e. The van der Waals surface area contributed by atoms with Crippen LogP contribution < -0.4 is 5.32 Å². The molecule has 1 N–H and O–H groups in total. The van der Waals surface area contributed by atoms with Gasteiger partial charge >= 0.3 is 0 Å². The standard InChI is InChI=1S/C12H17N5O/c1-9-15-12(18-16-9)4-5-13-6-11-7-14-8-17(11)10-2-3-10/h7-8,10,13H,2-6H2,1H3. The van der Waals surface area contributed by atoms with Crippen LogP contribution in [0.5, 0.6) is 0 Å². The maximum absolute atomic E-state index is 5.05. The first-order valence-corrected chi connectivity index (χ1v) is 6.33. The van der Waals surface area contributed by atoms with Gasteiger partial charge < -0.3 is 14.4 Å². The number of aromatic nitrogens is 4. The van der Waals surface area contributed by atoms with Crippen LogP contribution in [-0.2, 0) is 13.0 Å². The number of hydrogen-bond donors (Lipinski definition) is 1. The van der Waals surface area contributed by atoms with Crippen LogP contribution in [0, 0.1) is 6.92 Å². The Morgan fingerprint density at radius 3 is 3.11 bits per heavy atom. The highest BCUT2D eigenvalue weighted by Gasteiger charge is 2.24. The third kappa shape index (κ3) is 2.59. The van der Waals surface area contributed by atoms with Gasteiger partial charge in [-0.15, -0.1) is 0 Å². The minimum Gasteiger partial charge on any atom is -0.339 e. The van der Waals surface area contributed by atoms with Gasteiger partial charge in [-0.2, -0.15) is 4.98 Å². The number of nitrogens with one attached hydrogen (secondary N) is 1. The fourth-order valence-electron chi connectivity index (χ4n) is 2.00. The van der Waals surface area contributed by atoms with Crippen molar-refractivity contribution in [3.8, 4) is 0 Å². The molecule has 0 unspecified atom stereocenters. The van der Waals surface area contributed by atoms with Crippen LogP contribution in [-0.4, -0.2) is 26.2 Å². The first kappa shape index (κ1) is 11.4. The van der Waals surface area contributed by atoms with Crippen molar-refractivity contribution in [2.75, 3.05) is 6.54 Å². The molecular formula is C12H17N5O. The number of hydrogen-bond acceptors (Lipinski definition) is 5. The lowest BCUT2D eigenvalue weighted by molar-refractivity contribution is 0.372. The zero-order chi connectivity index (χ0) is 12.4. The molecule has 1 saturated carbocycles. The van der Waals surface area contributed by atoms with Crippen molar-refractivity contribution in [1.29, 1.82) is 0 Å². The predicted molar refractivity (Wildman–Crippen MR) is 64.9 cm³/mol. The average Bonchev–Trinajstić information content (AvgIpc) is 2.96. The summed E-state index contributed by atoms with van der Waals surface area (Å²) in [6.45, 7) is 3.50. The lowest BCUT2D eigenvalue weighted by Gasteiger charge is -2.06. The van der Waals surface area contributed by atoms with Gasteiger partial charge in [-0.3, -0.25) is 0 Å². The molecule has 6 nitrogen and oxygen atoms in total. The van der Waals surface area contributed by atoms with Crippen LogP contribution in [0.15, 0.2) is 17.0 Å². The molecule has 1 aliphatic carbocycles. The van der Waals surface area contributed by atoms with E-state index in [0.29, 0.717) is 17.8 Å². The molecule has 96 valence electrons. The summed E-state index contributed by atoms with van der Waals surface area (Å²) in [5.74, 6) is 1.38. The molecule has 2 aromatic rings. The quantitative estimate of drug-likeness (QED) is 0.778. The molecule has 1 aliphatic rings. The molecule has 0 spiro atoms. The van der Waals surface area contributed by atoms with Crippen LogP contribution in [0.25, 0.3) is 0 Å². The number of aryl methyl sites for hydroxylation is 1. The van der Waals surface area contributed by atoms with Crippen LogP contribution in [0.1, 0.15) is 36.3 Å². The molecule has 2 heterocycles. The van der Waals surface area contributed by atoms with E-state index in [1.54, 1.807) is 0 Å². The topological polar surface area (TPSA) is 68.8 Å². The summed E-state index contributed by atoms with van der Waals surface area (Å²) in [4.78, 5) is 8.37. The summed E-state index contributed by atoms with van der Waals surface area (Å²) in [7, 11) is 0. The van der Waals surface area contributed by atoms with Crippen LogP contribution >= 0.6 is 0 Å². The number of nitrogens with zero attached hydrogens (tertiary/aromatic N) is 4. The normalized spacial score (nSPS) is 15.2. The van der Waals surface area contributed by atoms with Crippen LogP contribution in [0.3, 0.4) is 0 Å². The summed E-state index contributed by atoms with van der Waals surface area (Å²) in [5, 5.41) is 7.14. The van der Waals surface area contributed by atoms with E-state index in [4.69, 9.17) is 4.52 Å². The van der Waals surface area contributed by atoms with Gasteiger partial charge in [0.05, 0.1) is 12.0 Å². The summed E-state index contributed by atoms with van der Waals surface area (Å²) >= 11 is 0. The molecule has 0 radical (unpaired) electrons. The molecule has 0 aliphatic heterocycles. The Morgan fingerprint density at radius 1 is 1.50 bits per heavy atom. The van der Waals surface area contributed by atoms with E-state index >= 15 is 0 Å². The molecule has 2 aromatic heterocycles. The highest BCUT2D eigenvalue weighted by molar-refractivity contribution is 5.03. The van der Waals surface area contributed by atoms with Crippen molar-refractivity contribution in [2.45, 2.75) is 38.8 Å². The SMILES string of the molecule is Cc1noc(CCNCc2cncn2C2CC2)n1. The second-order valence-electron chi connectivity index (χ2n) is 4.69. The Hall–Kier alpha value is -1.69. The zero-order valence-corrected chi connectivity index (χ0v) is 10.5. The largest absolute Gasteiger partial charge is 0.339 e. The Labute approximate surface area is 105 Å². The minimum absolute atomic E-state index is 0.683. The van der Waals surface area contributed by atoms with Gasteiger partial charge in [0.1, 0.15) is 0 Å². The fraction of sp³-hybridized carbons (Fsp3) is 0.583. The third-order valence-electron chi connectivity index (χ3n) is 3.08. The van der Waals surface area contributed by atoms with Gasteiger partial charge in [0.2, 0.25) is 5.89 Å². The maximum Gasteiger partial charge on any atom is 0.227 e. The first-order chi connectivity index (χ1) is 8.83. The summed E-state index contributed by atoms with van der Waals surface area (Å²) in [6.07, 6.45) is 7.19. The summed E-state index contributed by atoms with van der Waals surface area (Å²) in [6, 6.07) is 0.683. The van der Waals surface area contributed by atoms with Gasteiger partial charge in [0, 0.05) is 31.7 Å². The van der Waals surface area contributed by atoms with Crippen LogP contribution in [0.2, 0.25) is 0 Å². The van der Waals surface area contributed by atoms with E-state index in [1.165, 1.54) is 18.5 Å². The molecule has 1 fully saturated rings. The molecule has 0 aromatic carbocycles. The van der Waals surface area contributed by atoms with Crippen LogP contribution in [0.4, 0.5) is 0 Å². The maximum atomic E-state index is 5.05. The molecule has 0 saturated heterocycles. The van der Waals surface area contributed by atoms with E-state index in [2.05, 4.69) is 25.0 Å². The van der Waals surface area contributed by atoms with E-state index in [0.717, 1.165) is 19.5 Å². The highest BCUT2D eigenvalue weighted by atomic mass is 16.5. The lowest BCUT2D eigenvalue weighted by Crippen LogP contribution is -2.18. The highest BCUT2D eigenvalue weighted by Crippen LogP contribution is 2.35. The van der Waals surface area contributed by atoms with E-state index in [1.807, 2.05) is 19.4 Å². The molecule has 0 atom stereocenters. The van der Waals surface area contributed by atoms with Crippen molar-refractivity contribution >= 4 is 0 Å². The second kappa shape index (κ2) is 4.89. The lowest BCUT2D eigenvalue weighted by atomic mass is 10.4. The number of imidazole rings is 1. The predicted octanol–water partition coefficient (Wildman–Crippen LogP) is 1.24. The Morgan fingerprint density at radius 2 is 2.39 bits per heavy atom. The van der Waals surface area contributed by atoms with Gasteiger partial charge in [0.25, 0.3) is 0 Å². The Balaban J connectivity index is 1.45. The van der Waals surface area contributed by atoms with Crippen molar-refractivity contribution in [3.05, 3.63) is 29.9 Å². The van der Waals surface area contributed by atoms with E-state index in [9.17, 15) is 0 Å². The molecule has 0 amide bonds. The van der Waals surface area contributed by atoms with Gasteiger partial charge in [-0.25, -0.2) is 4.98 Å². The summed E-state index contributed by atoms with van der Waals surface area (Å²) in [5.41, 5.74) is 1.25. The molecular weight excluding hydrogens is 230 g/mol. The third-order valence-corrected chi connectivity index (χ3v) is 3.08. The van der Waals surface area contributed by atoms with Crippen molar-refractivity contribution < 1.29 is 4.52 Å². The van der Waals surface area contributed by atoms with Gasteiger partial charge in [-0.1, -0.05) is 5.16 Å². The minimum atomic E-state index is 0.683. The molecule has 3 rings (SSSR count). The number of rotatable bonds is 6. The van der Waals surface area contributed by atoms with Crippen molar-refractivity contribution in [3.63, 3.8) is 0 Å². The molecule has 18 heavy (non-hydrogen) atoms. The second-order valence-corrected chi connectivity index (χ2v) is 4.69. The summed E-state index contributed by atoms with van der Waals surface area (Å²) < 4.78 is 7.32. The van der Waals surface area contributed by atoms with E-state index < -0.39 is 0 Å². The van der Waals surface area contributed by atoms with Crippen molar-refractivity contribution in [2.24, 2.45) is 0 Å². The fourth-order valence-corrected chi connectivity index (χ4v) is 2.00. The van der Waals surface area contributed by atoms with Gasteiger partial charge in [0.15, 0.2) is 5.82 Å². The monoisotopic (exact) mass is 247 g/mol. The molecule has 6 heteroatoms. The Bertz CT molecular complexity index is 514.